The van der Waals surface area contributed by atoms with Crippen molar-refractivity contribution in [3.8, 4) is 17.2 Å². The van der Waals surface area contributed by atoms with Crippen LogP contribution in [0, 0.1) is 0 Å². The second kappa shape index (κ2) is 6.02. The summed E-state index contributed by atoms with van der Waals surface area (Å²) in [7, 11) is 4.96. The fourth-order valence-corrected chi connectivity index (χ4v) is 3.64. The predicted octanol–water partition coefficient (Wildman–Crippen LogP) is 2.04. The van der Waals surface area contributed by atoms with Gasteiger partial charge >= 0.3 is 0 Å². The number of nitrogens with zero attached hydrogens (tertiary/aromatic N) is 1. The van der Waals surface area contributed by atoms with Crippen LogP contribution in [-0.2, 0) is 0 Å². The molecule has 1 aliphatic carbocycles. The summed E-state index contributed by atoms with van der Waals surface area (Å²) in [5, 5.41) is 3.63. The van der Waals surface area contributed by atoms with Crippen LogP contribution >= 0.6 is 0 Å². The number of rotatable bonds is 4. The van der Waals surface area contributed by atoms with E-state index >= 15 is 0 Å². The van der Waals surface area contributed by atoms with E-state index in [1.807, 2.05) is 0 Å². The van der Waals surface area contributed by atoms with Crippen molar-refractivity contribution in [3.05, 3.63) is 12.1 Å². The normalized spacial score (nSPS) is 24.6. The van der Waals surface area contributed by atoms with Gasteiger partial charge in [0.15, 0.2) is 11.5 Å². The molecule has 1 aromatic carbocycles. The molecule has 0 radical (unpaired) electrons. The van der Waals surface area contributed by atoms with Crippen LogP contribution in [0.1, 0.15) is 19.3 Å². The quantitative estimate of drug-likeness (QED) is 0.920. The summed E-state index contributed by atoms with van der Waals surface area (Å²) in [6, 6.07) is 5.30. The first kappa shape index (κ1) is 14.3. The Labute approximate surface area is 126 Å². The third-order valence-corrected chi connectivity index (χ3v) is 4.62. The molecule has 1 aliphatic heterocycles. The monoisotopic (exact) mass is 292 g/mol. The lowest BCUT2D eigenvalue weighted by atomic mass is 10.1. The van der Waals surface area contributed by atoms with E-state index in [0.717, 1.165) is 30.3 Å². The second-order valence-corrected chi connectivity index (χ2v) is 5.64. The minimum Gasteiger partial charge on any atom is -0.493 e. The Morgan fingerprint density at radius 3 is 2.38 bits per heavy atom. The highest BCUT2D eigenvalue weighted by Gasteiger charge is 2.35. The number of hydrogen-bond donors (Lipinski definition) is 1. The van der Waals surface area contributed by atoms with Crippen molar-refractivity contribution in [2.75, 3.05) is 39.3 Å². The SMILES string of the molecule is COc1cc(N2CCN[C@H]3CCC[C@@H]32)cc(OC)c1OC. The first-order chi connectivity index (χ1) is 10.3. The van der Waals surface area contributed by atoms with Gasteiger partial charge in [-0.2, -0.15) is 0 Å². The molecule has 1 heterocycles. The molecule has 0 unspecified atom stereocenters. The molecule has 1 N–H and O–H groups in total. The Hall–Kier alpha value is -1.62. The van der Waals surface area contributed by atoms with Crippen LogP contribution in [0.4, 0.5) is 5.69 Å². The molecule has 0 spiro atoms. The first-order valence-corrected chi connectivity index (χ1v) is 7.58. The molecule has 1 saturated carbocycles. The van der Waals surface area contributed by atoms with Gasteiger partial charge in [-0.3, -0.25) is 0 Å². The lowest BCUT2D eigenvalue weighted by Crippen LogP contribution is -2.55. The maximum atomic E-state index is 5.47. The molecule has 5 nitrogen and oxygen atoms in total. The first-order valence-electron chi connectivity index (χ1n) is 7.58. The maximum absolute atomic E-state index is 5.47. The van der Waals surface area contributed by atoms with E-state index < -0.39 is 0 Å². The standard InChI is InChI=1S/C16H24N2O3/c1-19-14-9-11(10-15(20-2)16(14)21-3)18-8-7-17-12-5-4-6-13(12)18/h9-10,12-13,17H,4-8H2,1-3H3/t12-,13-/m0/s1. The van der Waals surface area contributed by atoms with Crippen LogP contribution in [-0.4, -0.2) is 46.5 Å². The fraction of sp³-hybridized carbons (Fsp3) is 0.625. The molecule has 2 aliphatic rings. The zero-order valence-corrected chi connectivity index (χ0v) is 13.0. The molecule has 1 aromatic rings. The molecule has 1 saturated heterocycles. The van der Waals surface area contributed by atoms with Gasteiger partial charge in [0.05, 0.1) is 21.3 Å². The molecule has 0 aromatic heterocycles. The summed E-state index contributed by atoms with van der Waals surface area (Å²) in [6.07, 6.45) is 3.81. The van der Waals surface area contributed by atoms with Gasteiger partial charge in [0.1, 0.15) is 0 Å². The molecular weight excluding hydrogens is 268 g/mol. The molecule has 2 atom stereocenters. The Balaban J connectivity index is 1.97. The van der Waals surface area contributed by atoms with E-state index in [0.29, 0.717) is 17.8 Å². The van der Waals surface area contributed by atoms with Gasteiger partial charge in [-0.15, -0.1) is 0 Å². The minimum absolute atomic E-state index is 0.571. The van der Waals surface area contributed by atoms with Gasteiger partial charge in [-0.05, 0) is 19.3 Å². The number of benzene rings is 1. The van der Waals surface area contributed by atoms with Crippen molar-refractivity contribution < 1.29 is 14.2 Å². The van der Waals surface area contributed by atoms with Gasteiger partial charge in [0, 0.05) is 43.0 Å². The Kier molecular flexibility index (Phi) is 4.10. The van der Waals surface area contributed by atoms with Crippen molar-refractivity contribution >= 4 is 5.69 Å². The van der Waals surface area contributed by atoms with Crippen LogP contribution < -0.4 is 24.4 Å². The largest absolute Gasteiger partial charge is 0.493 e. The van der Waals surface area contributed by atoms with Crippen LogP contribution in [0.25, 0.3) is 0 Å². The number of methoxy groups -OCH3 is 3. The molecule has 0 amide bonds. The molecule has 3 rings (SSSR count). The van der Waals surface area contributed by atoms with Crippen molar-refractivity contribution in [1.29, 1.82) is 0 Å². The smallest absolute Gasteiger partial charge is 0.203 e. The maximum Gasteiger partial charge on any atom is 0.203 e. The molecule has 2 fully saturated rings. The minimum atomic E-state index is 0.571. The van der Waals surface area contributed by atoms with Crippen molar-refractivity contribution in [1.82, 2.24) is 5.32 Å². The highest BCUT2D eigenvalue weighted by atomic mass is 16.5. The highest BCUT2D eigenvalue weighted by Crippen LogP contribution is 2.42. The van der Waals surface area contributed by atoms with Gasteiger partial charge in [-0.1, -0.05) is 0 Å². The van der Waals surface area contributed by atoms with E-state index in [2.05, 4.69) is 22.3 Å². The number of ether oxygens (including phenoxy) is 3. The van der Waals surface area contributed by atoms with E-state index in [4.69, 9.17) is 14.2 Å². The van der Waals surface area contributed by atoms with E-state index in [1.165, 1.54) is 19.3 Å². The lowest BCUT2D eigenvalue weighted by molar-refractivity contribution is 0.323. The third-order valence-electron chi connectivity index (χ3n) is 4.62. The summed E-state index contributed by atoms with van der Waals surface area (Å²) < 4.78 is 16.4. The van der Waals surface area contributed by atoms with Crippen LogP contribution in [0.15, 0.2) is 12.1 Å². The van der Waals surface area contributed by atoms with Crippen molar-refractivity contribution in [3.63, 3.8) is 0 Å². The van der Waals surface area contributed by atoms with E-state index in [9.17, 15) is 0 Å². The molecule has 116 valence electrons. The number of anilines is 1. The van der Waals surface area contributed by atoms with Gasteiger partial charge in [0.2, 0.25) is 5.75 Å². The van der Waals surface area contributed by atoms with Crippen molar-refractivity contribution in [2.45, 2.75) is 31.3 Å². The number of piperazine rings is 1. The average Bonchev–Trinajstić information content (AvgIpc) is 3.01. The Morgan fingerprint density at radius 1 is 1.05 bits per heavy atom. The molecular formula is C16H24N2O3. The summed E-state index contributed by atoms with van der Waals surface area (Å²) >= 11 is 0. The summed E-state index contributed by atoms with van der Waals surface area (Å²) in [5.41, 5.74) is 1.16. The van der Waals surface area contributed by atoms with Crippen LogP contribution in [0.2, 0.25) is 0 Å². The predicted molar refractivity (Wildman–Crippen MR) is 82.9 cm³/mol. The summed E-state index contributed by atoms with van der Waals surface area (Å²) in [4.78, 5) is 2.48. The van der Waals surface area contributed by atoms with Gasteiger partial charge in [0.25, 0.3) is 0 Å². The zero-order chi connectivity index (χ0) is 14.8. The lowest BCUT2D eigenvalue weighted by Gasteiger charge is -2.40. The highest BCUT2D eigenvalue weighted by molar-refractivity contribution is 5.64. The average molecular weight is 292 g/mol. The molecule has 21 heavy (non-hydrogen) atoms. The summed E-state index contributed by atoms with van der Waals surface area (Å²) in [5.74, 6) is 2.10. The zero-order valence-electron chi connectivity index (χ0n) is 13.0. The van der Waals surface area contributed by atoms with Crippen LogP contribution in [0.5, 0.6) is 17.2 Å². The molecule has 5 heteroatoms. The summed E-state index contributed by atoms with van der Waals surface area (Å²) in [6.45, 7) is 2.04. The van der Waals surface area contributed by atoms with E-state index in [-0.39, 0.29) is 0 Å². The van der Waals surface area contributed by atoms with E-state index in [1.54, 1.807) is 21.3 Å². The van der Waals surface area contributed by atoms with Crippen molar-refractivity contribution in [2.24, 2.45) is 0 Å². The second-order valence-electron chi connectivity index (χ2n) is 5.64. The Bertz CT molecular complexity index is 481. The topological polar surface area (TPSA) is 43.0 Å². The third kappa shape index (κ3) is 2.50. The van der Waals surface area contributed by atoms with Gasteiger partial charge < -0.3 is 24.4 Å². The number of nitrogens with one attached hydrogen (secondary N) is 1. The van der Waals surface area contributed by atoms with Crippen LogP contribution in [0.3, 0.4) is 0 Å². The Morgan fingerprint density at radius 2 is 1.76 bits per heavy atom. The fourth-order valence-electron chi connectivity index (χ4n) is 3.64. The number of hydrogen-bond acceptors (Lipinski definition) is 5. The number of fused-ring (bicyclic) bond motifs is 1. The molecule has 0 bridgehead atoms. The van der Waals surface area contributed by atoms with Gasteiger partial charge in [-0.25, -0.2) is 0 Å².